The number of rotatable bonds is 2. The minimum absolute atomic E-state index is 0.238. The first-order valence-corrected chi connectivity index (χ1v) is 5.94. The second-order valence-electron chi connectivity index (χ2n) is 5.55. The number of alkyl halides is 5. The van der Waals surface area contributed by atoms with E-state index in [9.17, 15) is 35.9 Å². The van der Waals surface area contributed by atoms with Crippen molar-refractivity contribution in [3.05, 3.63) is 11.9 Å². The predicted molar refractivity (Wildman–Crippen MR) is 55.9 cm³/mol. The van der Waals surface area contributed by atoms with Gasteiger partial charge in [0.2, 0.25) is 0 Å². The van der Waals surface area contributed by atoms with Crippen LogP contribution in [0.3, 0.4) is 0 Å². The predicted octanol–water partition coefficient (Wildman–Crippen LogP) is 2.95. The Morgan fingerprint density at radius 2 is 1.62 bits per heavy atom. The van der Waals surface area contributed by atoms with Gasteiger partial charge in [0.1, 0.15) is 5.41 Å². The summed E-state index contributed by atoms with van der Waals surface area (Å²) in [5, 5.41) is 0. The Kier molecular flexibility index (Phi) is 3.03. The van der Waals surface area contributed by atoms with E-state index < -0.39 is 53.0 Å². The zero-order valence-electron chi connectivity index (χ0n) is 10.9. The van der Waals surface area contributed by atoms with Crippen LogP contribution in [0.25, 0.3) is 0 Å². The SMILES string of the molecule is CC(C)CC12C=C(F)C(F)(F)C(F)(F)C1(F)C(=O)OC2=O. The van der Waals surface area contributed by atoms with Crippen LogP contribution in [0.5, 0.6) is 0 Å². The maximum Gasteiger partial charge on any atom is 0.364 e. The van der Waals surface area contributed by atoms with E-state index in [-0.39, 0.29) is 6.08 Å². The van der Waals surface area contributed by atoms with Crippen LogP contribution in [0.2, 0.25) is 0 Å². The van der Waals surface area contributed by atoms with Gasteiger partial charge in [-0.15, -0.1) is 0 Å². The summed E-state index contributed by atoms with van der Waals surface area (Å²) in [5.41, 5.74) is -7.76. The van der Waals surface area contributed by atoms with Crippen molar-refractivity contribution in [2.45, 2.75) is 37.8 Å². The number of fused-ring (bicyclic) bond motifs is 1. The molecule has 1 aliphatic carbocycles. The molecule has 2 rings (SSSR count). The first-order chi connectivity index (χ1) is 9.34. The van der Waals surface area contributed by atoms with Crippen molar-refractivity contribution in [1.29, 1.82) is 0 Å². The second kappa shape index (κ2) is 4.01. The monoisotopic (exact) mass is 316 g/mol. The Morgan fingerprint density at radius 1 is 1.10 bits per heavy atom. The van der Waals surface area contributed by atoms with E-state index >= 15 is 0 Å². The lowest BCUT2D eigenvalue weighted by molar-refractivity contribution is -0.279. The second-order valence-corrected chi connectivity index (χ2v) is 5.55. The van der Waals surface area contributed by atoms with Crippen molar-refractivity contribution < 1.29 is 40.7 Å². The summed E-state index contributed by atoms with van der Waals surface area (Å²) in [7, 11) is 0. The van der Waals surface area contributed by atoms with Crippen molar-refractivity contribution in [2.75, 3.05) is 0 Å². The first kappa shape index (κ1) is 15.8. The smallest absolute Gasteiger partial charge is 0.364 e. The molecule has 1 heterocycles. The fraction of sp³-hybridized carbons (Fsp3) is 0.667. The third-order valence-electron chi connectivity index (χ3n) is 3.68. The summed E-state index contributed by atoms with van der Waals surface area (Å²) in [4.78, 5) is 23.0. The fourth-order valence-corrected chi connectivity index (χ4v) is 2.74. The number of allylic oxidation sites excluding steroid dienone is 1. The summed E-state index contributed by atoms with van der Waals surface area (Å²) < 4.78 is 86.2. The molecule has 1 saturated heterocycles. The van der Waals surface area contributed by atoms with Gasteiger partial charge in [0, 0.05) is 0 Å². The van der Waals surface area contributed by atoms with Crippen LogP contribution < -0.4 is 0 Å². The standard InChI is InChI=1S/C12H10F6O3/c1-5(2)3-9-4-6(13)11(15,16)12(17,18)10(9,14)8(20)21-7(9)19/h4-5H,3H2,1-2H3. The molecule has 2 atom stereocenters. The summed E-state index contributed by atoms with van der Waals surface area (Å²) in [6.45, 7) is 2.73. The average Bonchev–Trinajstić information content (AvgIpc) is 2.50. The van der Waals surface area contributed by atoms with Gasteiger partial charge in [0.15, 0.2) is 5.83 Å². The number of ether oxygens (including phenoxy) is 1. The molecule has 9 heteroatoms. The van der Waals surface area contributed by atoms with Crippen LogP contribution in [0.4, 0.5) is 26.3 Å². The van der Waals surface area contributed by atoms with Crippen LogP contribution >= 0.6 is 0 Å². The maximum atomic E-state index is 14.7. The van der Waals surface area contributed by atoms with Gasteiger partial charge in [-0.2, -0.15) is 17.6 Å². The molecule has 0 amide bonds. The molecule has 0 bridgehead atoms. The molecule has 2 aliphatic rings. The Morgan fingerprint density at radius 3 is 2.10 bits per heavy atom. The lowest BCUT2D eigenvalue weighted by Crippen LogP contribution is -2.68. The van der Waals surface area contributed by atoms with E-state index in [1.165, 1.54) is 13.8 Å². The molecule has 0 aromatic heterocycles. The van der Waals surface area contributed by atoms with Gasteiger partial charge < -0.3 is 4.74 Å². The first-order valence-electron chi connectivity index (χ1n) is 5.94. The Labute approximate surface area is 114 Å². The van der Waals surface area contributed by atoms with Crippen LogP contribution in [0.1, 0.15) is 20.3 Å². The largest absolute Gasteiger partial charge is 0.390 e. The van der Waals surface area contributed by atoms with Gasteiger partial charge in [0.25, 0.3) is 5.67 Å². The highest BCUT2D eigenvalue weighted by Crippen LogP contribution is 2.64. The molecular formula is C12H10F6O3. The van der Waals surface area contributed by atoms with E-state index in [0.717, 1.165) is 0 Å². The van der Waals surface area contributed by atoms with Gasteiger partial charge >= 0.3 is 23.8 Å². The van der Waals surface area contributed by atoms with Crippen LogP contribution in [-0.4, -0.2) is 29.5 Å². The van der Waals surface area contributed by atoms with Crippen molar-refractivity contribution in [3.63, 3.8) is 0 Å². The molecule has 1 fully saturated rings. The summed E-state index contributed by atoms with van der Waals surface area (Å²) in [6.07, 6.45) is -1.02. The number of halogens is 6. The molecule has 0 saturated carbocycles. The third-order valence-corrected chi connectivity index (χ3v) is 3.68. The lowest BCUT2D eigenvalue weighted by Gasteiger charge is -2.43. The van der Waals surface area contributed by atoms with E-state index in [1.807, 2.05) is 0 Å². The van der Waals surface area contributed by atoms with Gasteiger partial charge in [0.05, 0.1) is 0 Å². The molecule has 0 aromatic rings. The minimum Gasteiger partial charge on any atom is -0.390 e. The zero-order chi connectivity index (χ0) is 16.4. The van der Waals surface area contributed by atoms with E-state index in [1.54, 1.807) is 0 Å². The molecule has 21 heavy (non-hydrogen) atoms. The minimum atomic E-state index is -5.75. The molecule has 0 radical (unpaired) electrons. The number of cyclic esters (lactones) is 2. The molecule has 0 spiro atoms. The van der Waals surface area contributed by atoms with Gasteiger partial charge in [-0.3, -0.25) is 4.79 Å². The number of carbonyl (C=O) groups excluding carboxylic acids is 2. The number of esters is 2. The van der Waals surface area contributed by atoms with Crippen LogP contribution in [-0.2, 0) is 14.3 Å². The van der Waals surface area contributed by atoms with Crippen molar-refractivity contribution in [3.8, 4) is 0 Å². The van der Waals surface area contributed by atoms with Crippen molar-refractivity contribution >= 4 is 11.9 Å². The average molecular weight is 316 g/mol. The molecule has 2 unspecified atom stereocenters. The molecule has 0 N–H and O–H groups in total. The maximum absolute atomic E-state index is 14.7. The van der Waals surface area contributed by atoms with E-state index in [2.05, 4.69) is 4.74 Å². The Bertz CT molecular complexity index is 555. The Balaban J connectivity index is 2.83. The van der Waals surface area contributed by atoms with Gasteiger partial charge in [-0.05, 0) is 18.4 Å². The van der Waals surface area contributed by atoms with Gasteiger partial charge in [-0.25, -0.2) is 13.6 Å². The summed E-state index contributed by atoms with van der Waals surface area (Å²) >= 11 is 0. The molecule has 118 valence electrons. The molecule has 3 nitrogen and oxygen atoms in total. The third kappa shape index (κ3) is 1.51. The number of hydrogen-bond donors (Lipinski definition) is 0. The Hall–Kier alpha value is -1.54. The fourth-order valence-electron chi connectivity index (χ4n) is 2.74. The molecule has 1 aliphatic heterocycles. The van der Waals surface area contributed by atoms with Crippen molar-refractivity contribution in [1.82, 2.24) is 0 Å². The normalized spacial score (nSPS) is 37.3. The van der Waals surface area contributed by atoms with E-state index in [4.69, 9.17) is 0 Å². The molecule has 0 aromatic carbocycles. The highest BCUT2D eigenvalue weighted by molar-refractivity contribution is 6.06. The van der Waals surface area contributed by atoms with Crippen LogP contribution in [0, 0.1) is 11.3 Å². The quantitative estimate of drug-likeness (QED) is 0.447. The highest BCUT2D eigenvalue weighted by atomic mass is 19.3. The van der Waals surface area contributed by atoms with Crippen molar-refractivity contribution in [2.24, 2.45) is 11.3 Å². The highest BCUT2D eigenvalue weighted by Gasteiger charge is 2.89. The summed E-state index contributed by atoms with van der Waals surface area (Å²) in [5.74, 6) is -18.9. The summed E-state index contributed by atoms with van der Waals surface area (Å²) in [6, 6.07) is 0. The number of hydrogen-bond acceptors (Lipinski definition) is 3. The van der Waals surface area contributed by atoms with Gasteiger partial charge in [-0.1, -0.05) is 13.8 Å². The number of carbonyl (C=O) groups is 2. The zero-order valence-corrected chi connectivity index (χ0v) is 10.9. The molecular weight excluding hydrogens is 306 g/mol. The van der Waals surface area contributed by atoms with E-state index in [0.29, 0.717) is 0 Å². The topological polar surface area (TPSA) is 43.4 Å². The van der Waals surface area contributed by atoms with Crippen LogP contribution in [0.15, 0.2) is 11.9 Å². The lowest BCUT2D eigenvalue weighted by atomic mass is 9.62.